The lowest BCUT2D eigenvalue weighted by atomic mass is 10.3. The quantitative estimate of drug-likeness (QED) is 0.742. The molecule has 2 aromatic carbocycles. The van der Waals surface area contributed by atoms with Crippen molar-refractivity contribution < 1.29 is 9.18 Å². The summed E-state index contributed by atoms with van der Waals surface area (Å²) in [4.78, 5) is 13.0. The molecule has 0 spiro atoms. The molecule has 6 heteroatoms. The molecule has 2 aromatic rings. The van der Waals surface area contributed by atoms with E-state index < -0.39 is 0 Å². The summed E-state index contributed by atoms with van der Waals surface area (Å²) in [6.45, 7) is 1.97. The number of nitrogens with zero attached hydrogens (tertiary/aromatic N) is 1. The fourth-order valence-corrected chi connectivity index (χ4v) is 2.88. The molecule has 124 valence electrons. The van der Waals surface area contributed by atoms with Crippen molar-refractivity contribution in [2.24, 2.45) is 5.92 Å². The van der Waals surface area contributed by atoms with Gasteiger partial charge in [-0.2, -0.15) is 5.26 Å². The Bertz CT molecular complexity index is 728. The van der Waals surface area contributed by atoms with Crippen molar-refractivity contribution >= 4 is 29.0 Å². The van der Waals surface area contributed by atoms with Crippen LogP contribution < -0.4 is 10.6 Å². The summed E-state index contributed by atoms with van der Waals surface area (Å²) in [5.74, 6) is 0.0945. The highest BCUT2D eigenvalue weighted by Crippen LogP contribution is 2.28. The third kappa shape index (κ3) is 5.60. The second kappa shape index (κ2) is 8.94. The molecule has 0 aromatic heterocycles. The minimum absolute atomic E-state index is 0.0372. The van der Waals surface area contributed by atoms with Gasteiger partial charge in [0.05, 0.1) is 18.5 Å². The van der Waals surface area contributed by atoms with Gasteiger partial charge in [0.1, 0.15) is 5.82 Å². The van der Waals surface area contributed by atoms with Gasteiger partial charge in [0.2, 0.25) is 5.91 Å². The topological polar surface area (TPSA) is 64.9 Å². The van der Waals surface area contributed by atoms with Crippen LogP contribution in [0.15, 0.2) is 53.4 Å². The molecule has 0 aliphatic rings. The average Bonchev–Trinajstić information content (AvgIpc) is 2.60. The first-order chi connectivity index (χ1) is 11.6. The Hall–Kier alpha value is -2.52. The largest absolute Gasteiger partial charge is 0.375 e. The molecule has 2 rings (SSSR count). The molecule has 0 bridgehead atoms. The summed E-state index contributed by atoms with van der Waals surface area (Å²) in [5.41, 5.74) is 1.40. The van der Waals surface area contributed by atoms with E-state index in [-0.39, 0.29) is 24.2 Å². The number of hydrogen-bond acceptors (Lipinski definition) is 4. The molecular weight excluding hydrogens is 325 g/mol. The molecular formula is C18H18FN3OS. The Morgan fingerprint density at radius 1 is 1.25 bits per heavy atom. The number of thioether (sulfide) groups is 1. The van der Waals surface area contributed by atoms with Crippen molar-refractivity contribution in [1.82, 2.24) is 0 Å². The van der Waals surface area contributed by atoms with Gasteiger partial charge in [-0.05, 0) is 43.3 Å². The Morgan fingerprint density at radius 3 is 2.67 bits per heavy atom. The van der Waals surface area contributed by atoms with E-state index in [0.717, 1.165) is 10.6 Å². The van der Waals surface area contributed by atoms with Crippen LogP contribution in [0.25, 0.3) is 0 Å². The lowest BCUT2D eigenvalue weighted by Crippen LogP contribution is -2.22. The van der Waals surface area contributed by atoms with Crippen LogP contribution in [-0.2, 0) is 4.79 Å². The van der Waals surface area contributed by atoms with Crippen molar-refractivity contribution in [3.05, 3.63) is 54.3 Å². The van der Waals surface area contributed by atoms with Gasteiger partial charge in [0.25, 0.3) is 0 Å². The fourth-order valence-electron chi connectivity index (χ4n) is 1.90. The second-order valence-corrected chi connectivity index (χ2v) is 6.31. The van der Waals surface area contributed by atoms with Gasteiger partial charge in [-0.25, -0.2) is 4.39 Å². The summed E-state index contributed by atoms with van der Waals surface area (Å²) >= 11 is 1.58. The molecule has 0 saturated carbocycles. The van der Waals surface area contributed by atoms with Crippen LogP contribution in [0, 0.1) is 23.1 Å². The normalized spacial score (nSPS) is 11.4. The van der Waals surface area contributed by atoms with E-state index in [0.29, 0.717) is 11.4 Å². The molecule has 4 nitrogen and oxygen atoms in total. The zero-order valence-electron chi connectivity index (χ0n) is 13.3. The van der Waals surface area contributed by atoms with Gasteiger partial charge in [-0.3, -0.25) is 4.79 Å². The van der Waals surface area contributed by atoms with Crippen molar-refractivity contribution in [1.29, 1.82) is 5.26 Å². The van der Waals surface area contributed by atoms with Crippen LogP contribution in [0.1, 0.15) is 6.92 Å². The standard InChI is InChI=1S/C18H18FN3OS/c1-13(10-20)12-24-17-5-3-2-4-16(17)21-11-18(23)22-15-8-6-14(19)7-9-15/h2-9,13,21H,11-12H2,1H3,(H,22,23)/t13-/m0/s1. The monoisotopic (exact) mass is 343 g/mol. The van der Waals surface area contributed by atoms with E-state index in [1.54, 1.807) is 11.8 Å². The molecule has 0 unspecified atom stereocenters. The maximum Gasteiger partial charge on any atom is 0.243 e. The van der Waals surface area contributed by atoms with Gasteiger partial charge in [0, 0.05) is 22.0 Å². The summed E-state index contributed by atoms with van der Waals surface area (Å²) in [6.07, 6.45) is 0. The van der Waals surface area contributed by atoms with E-state index >= 15 is 0 Å². The van der Waals surface area contributed by atoms with Crippen LogP contribution in [0.5, 0.6) is 0 Å². The van der Waals surface area contributed by atoms with Gasteiger partial charge in [-0.1, -0.05) is 12.1 Å². The molecule has 2 N–H and O–H groups in total. The van der Waals surface area contributed by atoms with E-state index in [2.05, 4.69) is 16.7 Å². The zero-order chi connectivity index (χ0) is 17.4. The van der Waals surface area contributed by atoms with E-state index in [9.17, 15) is 9.18 Å². The number of carbonyl (C=O) groups excluding carboxylic acids is 1. The second-order valence-electron chi connectivity index (χ2n) is 5.25. The van der Waals surface area contributed by atoms with Crippen LogP contribution in [0.4, 0.5) is 15.8 Å². The van der Waals surface area contributed by atoms with Gasteiger partial charge in [-0.15, -0.1) is 11.8 Å². The van der Waals surface area contributed by atoms with Crippen LogP contribution >= 0.6 is 11.8 Å². The van der Waals surface area contributed by atoms with Crippen molar-refractivity contribution in [2.75, 3.05) is 22.9 Å². The highest BCUT2D eigenvalue weighted by molar-refractivity contribution is 7.99. The smallest absolute Gasteiger partial charge is 0.243 e. The Labute approximate surface area is 145 Å². The van der Waals surface area contributed by atoms with Gasteiger partial charge in [0.15, 0.2) is 0 Å². The van der Waals surface area contributed by atoms with E-state index in [1.807, 2.05) is 31.2 Å². The lowest BCUT2D eigenvalue weighted by Gasteiger charge is -2.12. The van der Waals surface area contributed by atoms with Crippen molar-refractivity contribution in [2.45, 2.75) is 11.8 Å². The minimum atomic E-state index is -0.344. The summed E-state index contributed by atoms with van der Waals surface area (Å²) in [5, 5.41) is 14.7. The van der Waals surface area contributed by atoms with Crippen molar-refractivity contribution in [3.63, 3.8) is 0 Å². The number of nitrogens with one attached hydrogen (secondary N) is 2. The molecule has 0 heterocycles. The minimum Gasteiger partial charge on any atom is -0.375 e. The number of nitriles is 1. The third-order valence-electron chi connectivity index (χ3n) is 3.16. The van der Waals surface area contributed by atoms with Crippen LogP contribution in [0.3, 0.4) is 0 Å². The summed E-state index contributed by atoms with van der Waals surface area (Å²) in [6, 6.07) is 15.5. The summed E-state index contributed by atoms with van der Waals surface area (Å²) in [7, 11) is 0. The highest BCUT2D eigenvalue weighted by Gasteiger charge is 2.08. The predicted octanol–water partition coefficient (Wildman–Crippen LogP) is 4.13. The molecule has 0 fully saturated rings. The third-order valence-corrected chi connectivity index (χ3v) is 4.50. The number of hydrogen-bond donors (Lipinski definition) is 2. The molecule has 24 heavy (non-hydrogen) atoms. The number of carbonyl (C=O) groups is 1. The molecule has 0 radical (unpaired) electrons. The fraction of sp³-hybridized carbons (Fsp3) is 0.222. The van der Waals surface area contributed by atoms with E-state index in [1.165, 1.54) is 24.3 Å². The molecule has 1 amide bonds. The maximum atomic E-state index is 12.8. The molecule has 1 atom stereocenters. The lowest BCUT2D eigenvalue weighted by molar-refractivity contribution is -0.114. The number of rotatable bonds is 7. The first-order valence-corrected chi connectivity index (χ1v) is 8.48. The number of benzene rings is 2. The SMILES string of the molecule is C[C@@H](C#N)CSc1ccccc1NCC(=O)Nc1ccc(F)cc1. The van der Waals surface area contributed by atoms with Gasteiger partial charge >= 0.3 is 0 Å². The Morgan fingerprint density at radius 2 is 1.96 bits per heavy atom. The number of amides is 1. The molecule has 0 aliphatic carbocycles. The zero-order valence-corrected chi connectivity index (χ0v) is 14.1. The average molecular weight is 343 g/mol. The Balaban J connectivity index is 1.90. The molecule has 0 aliphatic heterocycles. The van der Waals surface area contributed by atoms with Crippen LogP contribution in [-0.4, -0.2) is 18.2 Å². The highest BCUT2D eigenvalue weighted by atomic mass is 32.2. The number of anilines is 2. The maximum absolute atomic E-state index is 12.8. The first-order valence-electron chi connectivity index (χ1n) is 7.49. The van der Waals surface area contributed by atoms with Gasteiger partial charge < -0.3 is 10.6 Å². The number of halogens is 1. The van der Waals surface area contributed by atoms with E-state index in [4.69, 9.17) is 5.26 Å². The van der Waals surface area contributed by atoms with Crippen LogP contribution in [0.2, 0.25) is 0 Å². The number of para-hydroxylation sites is 1. The summed E-state index contributed by atoms with van der Waals surface area (Å²) < 4.78 is 12.8. The first kappa shape index (κ1) is 17.8. The predicted molar refractivity (Wildman–Crippen MR) is 95.5 cm³/mol. The van der Waals surface area contributed by atoms with Crippen molar-refractivity contribution in [3.8, 4) is 6.07 Å². The Kier molecular flexibility index (Phi) is 6.64. The molecule has 0 saturated heterocycles.